The molecule has 3 aromatic rings. The zero-order chi connectivity index (χ0) is 17.6. The smallest absolute Gasteiger partial charge is 0.251 e. The van der Waals surface area contributed by atoms with Crippen molar-refractivity contribution in [2.45, 2.75) is 6.54 Å². The van der Waals surface area contributed by atoms with E-state index in [1.165, 1.54) is 0 Å². The molecule has 0 saturated heterocycles. The Morgan fingerprint density at radius 3 is 2.52 bits per heavy atom. The second kappa shape index (κ2) is 7.53. The van der Waals surface area contributed by atoms with Gasteiger partial charge in [0, 0.05) is 30.1 Å². The molecule has 0 unspecified atom stereocenters. The topological polar surface area (TPSA) is 65.4 Å². The third-order valence-corrected chi connectivity index (χ3v) is 3.82. The van der Waals surface area contributed by atoms with Crippen LogP contribution in [0.15, 0.2) is 60.9 Å². The molecule has 0 radical (unpaired) electrons. The molecule has 0 aliphatic carbocycles. The number of aromatic nitrogens is 2. The monoisotopic (exact) mass is 337 g/mol. The number of benzene rings is 2. The van der Waals surface area contributed by atoms with E-state index in [9.17, 15) is 4.79 Å². The van der Waals surface area contributed by atoms with Gasteiger partial charge in [-0.15, -0.1) is 0 Å². The third kappa shape index (κ3) is 3.63. The summed E-state index contributed by atoms with van der Waals surface area (Å²) < 4.78 is 12.4. The highest BCUT2D eigenvalue weighted by Gasteiger charge is 2.11. The van der Waals surface area contributed by atoms with Crippen LogP contribution in [0.4, 0.5) is 0 Å². The van der Waals surface area contributed by atoms with Crippen LogP contribution in [-0.2, 0) is 6.54 Å². The first-order chi connectivity index (χ1) is 12.2. The molecule has 0 aliphatic heterocycles. The van der Waals surface area contributed by atoms with E-state index in [-0.39, 0.29) is 5.91 Å². The lowest BCUT2D eigenvalue weighted by Crippen LogP contribution is -2.23. The van der Waals surface area contributed by atoms with Crippen molar-refractivity contribution in [1.82, 2.24) is 15.1 Å². The predicted molar refractivity (Wildman–Crippen MR) is 94.3 cm³/mol. The molecule has 1 N–H and O–H groups in total. The summed E-state index contributed by atoms with van der Waals surface area (Å²) in [5, 5.41) is 7.06. The van der Waals surface area contributed by atoms with Crippen LogP contribution in [0.3, 0.4) is 0 Å². The largest absolute Gasteiger partial charge is 0.493 e. The first-order valence-corrected chi connectivity index (χ1v) is 7.81. The Hall–Kier alpha value is -3.28. The number of hydrogen-bond donors (Lipinski definition) is 1. The SMILES string of the molecule is COc1cccc(CNC(=O)c2ccc(-n3cccn3)cc2)c1OC. The maximum absolute atomic E-state index is 12.4. The number of carbonyl (C=O) groups excluding carboxylic acids is 1. The van der Waals surface area contributed by atoms with Crippen molar-refractivity contribution in [3.05, 3.63) is 72.1 Å². The lowest BCUT2D eigenvalue weighted by Gasteiger charge is -2.13. The first-order valence-electron chi connectivity index (χ1n) is 7.81. The Morgan fingerprint density at radius 1 is 1.08 bits per heavy atom. The molecule has 0 saturated carbocycles. The van der Waals surface area contributed by atoms with Crippen molar-refractivity contribution in [3.63, 3.8) is 0 Å². The molecular formula is C19H19N3O3. The third-order valence-electron chi connectivity index (χ3n) is 3.82. The Bertz CT molecular complexity index is 843. The number of ether oxygens (including phenoxy) is 2. The van der Waals surface area contributed by atoms with E-state index >= 15 is 0 Å². The maximum atomic E-state index is 12.4. The quantitative estimate of drug-likeness (QED) is 0.751. The summed E-state index contributed by atoms with van der Waals surface area (Å²) in [6.45, 7) is 0.347. The molecule has 2 aromatic carbocycles. The van der Waals surface area contributed by atoms with Gasteiger partial charge in [0.1, 0.15) is 0 Å². The number of methoxy groups -OCH3 is 2. The molecule has 0 aliphatic rings. The molecule has 3 rings (SSSR count). The van der Waals surface area contributed by atoms with Crippen LogP contribution in [-0.4, -0.2) is 29.9 Å². The van der Waals surface area contributed by atoms with Gasteiger partial charge >= 0.3 is 0 Å². The maximum Gasteiger partial charge on any atom is 0.251 e. The van der Waals surface area contributed by atoms with E-state index in [2.05, 4.69) is 10.4 Å². The average molecular weight is 337 g/mol. The summed E-state index contributed by atoms with van der Waals surface area (Å²) in [6.07, 6.45) is 3.56. The van der Waals surface area contributed by atoms with Gasteiger partial charge in [0.15, 0.2) is 11.5 Å². The Labute approximate surface area is 146 Å². The molecule has 6 nitrogen and oxygen atoms in total. The van der Waals surface area contributed by atoms with E-state index in [1.807, 2.05) is 42.6 Å². The number of rotatable bonds is 6. The van der Waals surface area contributed by atoms with E-state index in [4.69, 9.17) is 9.47 Å². The van der Waals surface area contributed by atoms with Crippen LogP contribution < -0.4 is 14.8 Å². The van der Waals surface area contributed by atoms with Gasteiger partial charge < -0.3 is 14.8 Å². The van der Waals surface area contributed by atoms with Crippen LogP contribution in [0.25, 0.3) is 5.69 Å². The fraction of sp³-hybridized carbons (Fsp3) is 0.158. The normalized spacial score (nSPS) is 10.3. The minimum Gasteiger partial charge on any atom is -0.493 e. The highest BCUT2D eigenvalue weighted by atomic mass is 16.5. The Morgan fingerprint density at radius 2 is 1.88 bits per heavy atom. The van der Waals surface area contributed by atoms with Crippen LogP contribution in [0, 0.1) is 0 Å². The highest BCUT2D eigenvalue weighted by molar-refractivity contribution is 5.94. The second-order valence-electron chi connectivity index (χ2n) is 5.33. The summed E-state index contributed by atoms with van der Waals surface area (Å²) in [4.78, 5) is 12.4. The molecule has 0 bridgehead atoms. The summed E-state index contributed by atoms with van der Waals surface area (Å²) in [5.74, 6) is 1.11. The second-order valence-corrected chi connectivity index (χ2v) is 5.33. The van der Waals surface area contributed by atoms with Gasteiger partial charge in [0.05, 0.1) is 19.9 Å². The average Bonchev–Trinajstić information content (AvgIpc) is 3.20. The zero-order valence-corrected chi connectivity index (χ0v) is 14.1. The molecule has 1 aromatic heterocycles. The molecule has 0 fully saturated rings. The van der Waals surface area contributed by atoms with Crippen molar-refractivity contribution in [3.8, 4) is 17.2 Å². The van der Waals surface area contributed by atoms with Crippen molar-refractivity contribution in [2.24, 2.45) is 0 Å². The molecule has 0 atom stereocenters. The lowest BCUT2D eigenvalue weighted by atomic mass is 10.1. The van der Waals surface area contributed by atoms with Crippen molar-refractivity contribution in [1.29, 1.82) is 0 Å². The van der Waals surface area contributed by atoms with E-state index in [1.54, 1.807) is 37.2 Å². The number of nitrogens with one attached hydrogen (secondary N) is 1. The van der Waals surface area contributed by atoms with E-state index < -0.39 is 0 Å². The molecule has 0 spiro atoms. The van der Waals surface area contributed by atoms with Crippen LogP contribution >= 0.6 is 0 Å². The zero-order valence-electron chi connectivity index (χ0n) is 14.1. The number of nitrogens with zero attached hydrogens (tertiary/aromatic N) is 2. The molecule has 25 heavy (non-hydrogen) atoms. The van der Waals surface area contributed by atoms with Gasteiger partial charge in [-0.2, -0.15) is 5.10 Å². The molecule has 128 valence electrons. The van der Waals surface area contributed by atoms with Gasteiger partial charge in [0.2, 0.25) is 0 Å². The molecular weight excluding hydrogens is 318 g/mol. The fourth-order valence-corrected chi connectivity index (χ4v) is 2.56. The molecule has 1 heterocycles. The summed E-state index contributed by atoms with van der Waals surface area (Å²) in [5.41, 5.74) is 2.33. The number of hydrogen-bond acceptors (Lipinski definition) is 4. The number of carbonyl (C=O) groups is 1. The van der Waals surface area contributed by atoms with Gasteiger partial charge in [-0.25, -0.2) is 4.68 Å². The highest BCUT2D eigenvalue weighted by Crippen LogP contribution is 2.30. The minimum atomic E-state index is -0.156. The number of para-hydroxylation sites is 1. The summed E-state index contributed by atoms with van der Waals surface area (Å²) in [7, 11) is 3.17. The molecule has 6 heteroatoms. The Kier molecular flexibility index (Phi) is 4.99. The standard InChI is InChI=1S/C19H19N3O3/c1-24-17-6-3-5-15(18(17)25-2)13-20-19(23)14-7-9-16(10-8-14)22-12-4-11-21-22/h3-12H,13H2,1-2H3,(H,20,23). The van der Waals surface area contributed by atoms with Crippen molar-refractivity contribution in [2.75, 3.05) is 14.2 Å². The van der Waals surface area contributed by atoms with Gasteiger partial charge in [-0.05, 0) is 36.4 Å². The Balaban J connectivity index is 1.69. The minimum absolute atomic E-state index is 0.156. The van der Waals surface area contributed by atoms with Crippen LogP contribution in [0.5, 0.6) is 11.5 Å². The number of amides is 1. The van der Waals surface area contributed by atoms with Crippen molar-refractivity contribution >= 4 is 5.91 Å². The van der Waals surface area contributed by atoms with Crippen molar-refractivity contribution < 1.29 is 14.3 Å². The lowest BCUT2D eigenvalue weighted by molar-refractivity contribution is 0.0950. The van der Waals surface area contributed by atoms with E-state index in [0.29, 0.717) is 23.6 Å². The first kappa shape index (κ1) is 16.6. The van der Waals surface area contributed by atoms with Crippen LogP contribution in [0.2, 0.25) is 0 Å². The molecule has 1 amide bonds. The summed E-state index contributed by atoms with van der Waals surface area (Å²) in [6, 6.07) is 14.7. The van der Waals surface area contributed by atoms with Gasteiger partial charge in [-0.3, -0.25) is 4.79 Å². The van der Waals surface area contributed by atoms with E-state index in [0.717, 1.165) is 11.3 Å². The summed E-state index contributed by atoms with van der Waals surface area (Å²) >= 11 is 0. The predicted octanol–water partition coefficient (Wildman–Crippen LogP) is 2.82. The van der Waals surface area contributed by atoms with Gasteiger partial charge in [-0.1, -0.05) is 12.1 Å². The van der Waals surface area contributed by atoms with Gasteiger partial charge in [0.25, 0.3) is 5.91 Å². The van der Waals surface area contributed by atoms with Crippen LogP contribution in [0.1, 0.15) is 15.9 Å². The fourth-order valence-electron chi connectivity index (χ4n) is 2.56.